The van der Waals surface area contributed by atoms with Gasteiger partial charge in [0.05, 0.1) is 17.6 Å². The summed E-state index contributed by atoms with van der Waals surface area (Å²) in [5.74, 6) is 0.398. The molecule has 34 heavy (non-hydrogen) atoms. The molecule has 6 nitrogen and oxygen atoms in total. The first-order valence-corrected chi connectivity index (χ1v) is 10.8. The number of fused-ring (bicyclic) bond motifs is 1. The number of esters is 1. The lowest BCUT2D eigenvalue weighted by Gasteiger charge is -2.11. The Labute approximate surface area is 195 Å². The molecule has 4 rings (SSSR count). The minimum Gasteiger partial charge on any atom is -0.489 e. The highest BCUT2D eigenvalue weighted by atomic mass is 19.1. The molecule has 4 aromatic rings. The highest BCUT2D eigenvalue weighted by molar-refractivity contribution is 5.89. The third kappa shape index (κ3) is 5.09. The van der Waals surface area contributed by atoms with Crippen molar-refractivity contribution in [1.29, 1.82) is 0 Å². The van der Waals surface area contributed by atoms with Crippen LogP contribution in [0.4, 0.5) is 4.39 Å². The monoisotopic (exact) mass is 462 g/mol. The summed E-state index contributed by atoms with van der Waals surface area (Å²) < 4.78 is 36.2. The van der Waals surface area contributed by atoms with Gasteiger partial charge in [0, 0.05) is 11.6 Å². The summed E-state index contributed by atoms with van der Waals surface area (Å²) in [6, 6.07) is 17.5. The maximum atomic E-state index is 13.8. The van der Waals surface area contributed by atoms with Crippen molar-refractivity contribution in [2.75, 3.05) is 6.61 Å². The number of halogens is 1. The number of benzene rings is 3. The van der Waals surface area contributed by atoms with Gasteiger partial charge < -0.3 is 18.6 Å². The van der Waals surface area contributed by atoms with Gasteiger partial charge in [-0.3, -0.25) is 4.79 Å². The second-order valence-electron chi connectivity index (χ2n) is 7.62. The molecule has 0 aliphatic heterocycles. The molecule has 3 aromatic carbocycles. The van der Waals surface area contributed by atoms with Crippen LogP contribution in [-0.2, 0) is 11.3 Å². The smallest absolute Gasteiger partial charge is 0.338 e. The van der Waals surface area contributed by atoms with Gasteiger partial charge in [0.2, 0.25) is 11.2 Å². The first-order valence-electron chi connectivity index (χ1n) is 10.8. The van der Waals surface area contributed by atoms with Gasteiger partial charge in [-0.05, 0) is 55.8 Å². The zero-order chi connectivity index (χ0) is 24.1. The molecule has 0 unspecified atom stereocenters. The lowest BCUT2D eigenvalue weighted by atomic mass is 10.2. The molecule has 0 N–H and O–H groups in total. The molecular formula is C27H23FO6. The van der Waals surface area contributed by atoms with Gasteiger partial charge in [-0.2, -0.15) is 0 Å². The molecule has 0 radical (unpaired) electrons. The molecule has 174 valence electrons. The van der Waals surface area contributed by atoms with E-state index in [0.717, 1.165) is 6.42 Å². The Morgan fingerprint density at radius 1 is 1.00 bits per heavy atom. The molecule has 0 aliphatic rings. The van der Waals surface area contributed by atoms with E-state index < -0.39 is 5.97 Å². The van der Waals surface area contributed by atoms with Gasteiger partial charge in [0.25, 0.3) is 0 Å². The largest absolute Gasteiger partial charge is 0.489 e. The third-order valence-corrected chi connectivity index (χ3v) is 5.09. The summed E-state index contributed by atoms with van der Waals surface area (Å²) >= 11 is 0. The second kappa shape index (κ2) is 10.2. The fourth-order valence-corrected chi connectivity index (χ4v) is 3.31. The molecule has 0 aliphatic carbocycles. The van der Waals surface area contributed by atoms with E-state index in [0.29, 0.717) is 40.2 Å². The van der Waals surface area contributed by atoms with E-state index >= 15 is 0 Å². The molecule has 1 heterocycles. The first kappa shape index (κ1) is 23.0. The summed E-state index contributed by atoms with van der Waals surface area (Å²) in [5.41, 5.74) is 0.806. The van der Waals surface area contributed by atoms with Gasteiger partial charge in [0.1, 0.15) is 35.3 Å². The van der Waals surface area contributed by atoms with Crippen LogP contribution in [0, 0.1) is 12.7 Å². The average molecular weight is 462 g/mol. The third-order valence-electron chi connectivity index (χ3n) is 5.09. The first-order chi connectivity index (χ1) is 16.5. The van der Waals surface area contributed by atoms with Crippen molar-refractivity contribution in [1.82, 2.24) is 0 Å². The molecule has 0 bridgehead atoms. The Morgan fingerprint density at radius 3 is 2.47 bits per heavy atom. The molecule has 7 heteroatoms. The van der Waals surface area contributed by atoms with Crippen LogP contribution in [0.25, 0.3) is 11.0 Å². The van der Waals surface area contributed by atoms with Gasteiger partial charge in [-0.25, -0.2) is 9.18 Å². The van der Waals surface area contributed by atoms with E-state index in [1.165, 1.54) is 6.07 Å². The topological polar surface area (TPSA) is 75.0 Å². The van der Waals surface area contributed by atoms with E-state index in [9.17, 15) is 14.0 Å². The fourth-order valence-electron chi connectivity index (χ4n) is 3.31. The van der Waals surface area contributed by atoms with Crippen molar-refractivity contribution < 1.29 is 27.8 Å². The zero-order valence-corrected chi connectivity index (χ0v) is 18.8. The highest BCUT2D eigenvalue weighted by Gasteiger charge is 2.15. The molecule has 0 amide bonds. The van der Waals surface area contributed by atoms with Gasteiger partial charge in [-0.15, -0.1) is 0 Å². The standard InChI is InChI=1S/C27H23FO6/c1-3-14-31-27(30)18-8-10-20(11-9-18)34-26-17(2)33-24-15-21(12-13-22(24)25(26)29)32-16-19-6-4-5-7-23(19)28/h4-13,15H,3,14,16H2,1-2H3. The van der Waals surface area contributed by atoms with Crippen LogP contribution in [0.1, 0.15) is 35.0 Å². The summed E-state index contributed by atoms with van der Waals surface area (Å²) in [5, 5.41) is 0.318. The summed E-state index contributed by atoms with van der Waals surface area (Å²) in [6.45, 7) is 3.94. The Kier molecular flexibility index (Phi) is 6.92. The molecule has 0 saturated heterocycles. The predicted molar refractivity (Wildman–Crippen MR) is 125 cm³/mol. The quantitative estimate of drug-likeness (QED) is 0.291. The van der Waals surface area contributed by atoms with Crippen molar-refractivity contribution in [3.8, 4) is 17.2 Å². The Hall–Kier alpha value is -4.13. The van der Waals surface area contributed by atoms with E-state index in [1.807, 2.05) is 6.92 Å². The van der Waals surface area contributed by atoms with Crippen LogP contribution in [-0.4, -0.2) is 12.6 Å². The maximum Gasteiger partial charge on any atom is 0.338 e. The molecule has 0 fully saturated rings. The minimum absolute atomic E-state index is 0.0462. The van der Waals surface area contributed by atoms with Crippen molar-refractivity contribution in [2.24, 2.45) is 0 Å². The number of rotatable bonds is 8. The van der Waals surface area contributed by atoms with E-state index in [2.05, 4.69) is 0 Å². The number of hydrogen-bond donors (Lipinski definition) is 0. The lowest BCUT2D eigenvalue weighted by Crippen LogP contribution is -2.08. The van der Waals surface area contributed by atoms with Crippen LogP contribution in [0.5, 0.6) is 17.2 Å². The van der Waals surface area contributed by atoms with Crippen LogP contribution >= 0.6 is 0 Å². The molecule has 1 aromatic heterocycles. The minimum atomic E-state index is -0.414. The molecule has 0 saturated carbocycles. The van der Waals surface area contributed by atoms with Gasteiger partial charge in [0.15, 0.2) is 0 Å². The summed E-state index contributed by atoms with van der Waals surface area (Å²) in [6.07, 6.45) is 0.739. The average Bonchev–Trinajstić information content (AvgIpc) is 2.85. The van der Waals surface area contributed by atoms with Crippen LogP contribution < -0.4 is 14.9 Å². The normalized spacial score (nSPS) is 10.8. The van der Waals surface area contributed by atoms with Crippen LogP contribution in [0.15, 0.2) is 75.9 Å². The molecular weight excluding hydrogens is 439 g/mol. The van der Waals surface area contributed by atoms with Crippen LogP contribution in [0.3, 0.4) is 0 Å². The highest BCUT2D eigenvalue weighted by Crippen LogP contribution is 2.28. The van der Waals surface area contributed by atoms with Crippen LogP contribution in [0.2, 0.25) is 0 Å². The zero-order valence-electron chi connectivity index (χ0n) is 18.8. The van der Waals surface area contributed by atoms with Crippen molar-refractivity contribution in [3.05, 3.63) is 99.7 Å². The number of aryl methyl sites for hydroxylation is 1. The fraction of sp³-hybridized carbons (Fsp3) is 0.185. The van der Waals surface area contributed by atoms with E-state index in [4.69, 9.17) is 18.6 Å². The number of carbonyl (C=O) groups is 1. The number of hydrogen-bond acceptors (Lipinski definition) is 6. The predicted octanol–water partition coefficient (Wildman–Crippen LogP) is 6.18. The van der Waals surface area contributed by atoms with E-state index in [1.54, 1.807) is 67.6 Å². The Morgan fingerprint density at radius 2 is 1.74 bits per heavy atom. The summed E-state index contributed by atoms with van der Waals surface area (Å²) in [4.78, 5) is 25.0. The Bertz CT molecular complexity index is 1370. The second-order valence-corrected chi connectivity index (χ2v) is 7.62. The summed E-state index contributed by atoms with van der Waals surface area (Å²) in [7, 11) is 0. The van der Waals surface area contributed by atoms with Gasteiger partial charge in [-0.1, -0.05) is 25.1 Å². The lowest BCUT2D eigenvalue weighted by molar-refractivity contribution is 0.0505. The maximum absolute atomic E-state index is 13.8. The Balaban J connectivity index is 1.53. The van der Waals surface area contributed by atoms with Crippen molar-refractivity contribution in [3.63, 3.8) is 0 Å². The van der Waals surface area contributed by atoms with Crippen molar-refractivity contribution >= 4 is 16.9 Å². The SMILES string of the molecule is CCCOC(=O)c1ccc(Oc2c(C)oc3cc(OCc4ccccc4F)ccc3c2=O)cc1. The van der Waals surface area contributed by atoms with Crippen molar-refractivity contribution in [2.45, 2.75) is 26.9 Å². The number of ether oxygens (including phenoxy) is 3. The molecule has 0 atom stereocenters. The molecule has 0 spiro atoms. The van der Waals surface area contributed by atoms with E-state index in [-0.39, 0.29) is 29.4 Å². The number of carbonyl (C=O) groups excluding carboxylic acids is 1. The van der Waals surface area contributed by atoms with Gasteiger partial charge >= 0.3 is 5.97 Å².